The van der Waals surface area contributed by atoms with Gasteiger partial charge >= 0.3 is 17.9 Å². The maximum Gasteiger partial charge on any atom is 0.306 e. The van der Waals surface area contributed by atoms with Crippen molar-refractivity contribution in [2.75, 3.05) is 13.2 Å². The van der Waals surface area contributed by atoms with Crippen molar-refractivity contribution < 1.29 is 28.6 Å². The third kappa shape index (κ3) is 65.3. The fourth-order valence-electron chi connectivity index (χ4n) is 9.86. The lowest BCUT2D eigenvalue weighted by Crippen LogP contribution is -2.30. The normalized spacial score (nSPS) is 12.6. The highest BCUT2D eigenvalue weighted by Crippen LogP contribution is 2.18. The van der Waals surface area contributed by atoms with Crippen molar-refractivity contribution in [2.45, 2.75) is 348 Å². The zero-order valence-electron chi connectivity index (χ0n) is 52.4. The summed E-state index contributed by atoms with van der Waals surface area (Å²) in [6.07, 6.45) is 89.0. The molecule has 0 rings (SSSR count). The molecule has 0 N–H and O–H groups in total. The second kappa shape index (κ2) is 67.1. The minimum absolute atomic E-state index is 0.0856. The maximum atomic E-state index is 12.9. The molecule has 0 aromatic carbocycles. The lowest BCUT2D eigenvalue weighted by atomic mass is 10.0. The molecule has 0 aromatic rings. The standard InChI is InChI=1S/C73H128O6/c1-4-7-10-13-16-19-22-25-28-30-32-33-34-35-36-37-38-39-41-42-45-48-51-54-57-60-63-66-72(75)78-69-70(68-77-71(74)65-62-59-56-53-50-47-44-27-24-21-18-15-12-9-6-3)79-73(76)67-64-61-58-55-52-49-46-43-40-31-29-26-23-20-17-14-11-8-5-2/h8-9,11-12,17-18,20-21,26-27,29,40,43-44,70H,4-7,10,13-16,19,22-25,28,30-39,41-42,45-69H2,1-3H3/b11-8-,12-9-,20-17-,21-18-,29-26-,43-40-,44-27-. The van der Waals surface area contributed by atoms with Crippen LogP contribution in [0, 0.1) is 0 Å². The molecule has 0 amide bonds. The first kappa shape index (κ1) is 75.6. The van der Waals surface area contributed by atoms with Crippen LogP contribution in [0.1, 0.15) is 342 Å². The Bertz CT molecular complexity index is 1500. The van der Waals surface area contributed by atoms with E-state index in [-0.39, 0.29) is 31.1 Å². The molecule has 0 saturated heterocycles. The molecule has 0 fully saturated rings. The summed E-state index contributed by atoms with van der Waals surface area (Å²) < 4.78 is 16.9. The highest BCUT2D eigenvalue weighted by molar-refractivity contribution is 5.71. The molecule has 0 radical (unpaired) electrons. The number of esters is 3. The van der Waals surface area contributed by atoms with Gasteiger partial charge in [-0.3, -0.25) is 14.4 Å². The first-order valence-corrected chi connectivity index (χ1v) is 34.1. The molecule has 6 heteroatoms. The lowest BCUT2D eigenvalue weighted by molar-refractivity contribution is -0.167. The van der Waals surface area contributed by atoms with Gasteiger partial charge < -0.3 is 14.2 Å². The van der Waals surface area contributed by atoms with Crippen molar-refractivity contribution in [3.63, 3.8) is 0 Å². The second-order valence-electron chi connectivity index (χ2n) is 22.7. The Labute approximate surface area is 490 Å². The third-order valence-corrected chi connectivity index (χ3v) is 14.9. The van der Waals surface area contributed by atoms with Gasteiger partial charge in [-0.2, -0.15) is 0 Å². The zero-order chi connectivity index (χ0) is 57.1. The molecule has 0 saturated carbocycles. The molecule has 0 bridgehead atoms. The van der Waals surface area contributed by atoms with Crippen molar-refractivity contribution in [1.82, 2.24) is 0 Å². The number of ether oxygens (including phenoxy) is 3. The van der Waals surface area contributed by atoms with Crippen molar-refractivity contribution in [1.29, 1.82) is 0 Å². The average Bonchev–Trinajstić information content (AvgIpc) is 3.45. The minimum Gasteiger partial charge on any atom is -0.462 e. The van der Waals surface area contributed by atoms with Crippen LogP contribution >= 0.6 is 0 Å². The van der Waals surface area contributed by atoms with Crippen LogP contribution in [0.3, 0.4) is 0 Å². The van der Waals surface area contributed by atoms with Crippen molar-refractivity contribution in [3.8, 4) is 0 Å². The van der Waals surface area contributed by atoms with Gasteiger partial charge in [0.15, 0.2) is 6.10 Å². The number of unbranched alkanes of at least 4 members (excludes halogenated alkanes) is 37. The van der Waals surface area contributed by atoms with Crippen LogP contribution in [0.25, 0.3) is 0 Å². The molecule has 0 aliphatic heterocycles. The van der Waals surface area contributed by atoms with E-state index < -0.39 is 6.10 Å². The third-order valence-electron chi connectivity index (χ3n) is 14.9. The van der Waals surface area contributed by atoms with Crippen LogP contribution in [0.4, 0.5) is 0 Å². The first-order chi connectivity index (χ1) is 39.0. The summed E-state index contributed by atoms with van der Waals surface area (Å²) in [5.74, 6) is -0.902. The van der Waals surface area contributed by atoms with Crippen molar-refractivity contribution in [3.05, 3.63) is 85.1 Å². The van der Waals surface area contributed by atoms with E-state index in [1.165, 1.54) is 167 Å². The van der Waals surface area contributed by atoms with Crippen molar-refractivity contribution >= 4 is 17.9 Å². The predicted molar refractivity (Wildman–Crippen MR) is 344 cm³/mol. The molecule has 0 aromatic heterocycles. The van der Waals surface area contributed by atoms with Crippen LogP contribution < -0.4 is 0 Å². The average molecular weight is 1100 g/mol. The molecule has 1 unspecified atom stereocenters. The van der Waals surface area contributed by atoms with Crippen LogP contribution in [0.2, 0.25) is 0 Å². The number of allylic oxidation sites excluding steroid dienone is 14. The van der Waals surface area contributed by atoms with Gasteiger partial charge in [0.2, 0.25) is 0 Å². The van der Waals surface area contributed by atoms with Crippen LogP contribution in [-0.4, -0.2) is 37.2 Å². The minimum atomic E-state index is -0.793. The predicted octanol–water partition coefficient (Wildman–Crippen LogP) is 23.4. The number of carbonyl (C=O) groups excluding carboxylic acids is 3. The first-order valence-electron chi connectivity index (χ1n) is 34.1. The Morgan fingerprint density at radius 2 is 0.494 bits per heavy atom. The van der Waals surface area contributed by atoms with Gasteiger partial charge in [-0.05, 0) is 89.9 Å². The van der Waals surface area contributed by atoms with Gasteiger partial charge in [-0.15, -0.1) is 0 Å². The molecular formula is C73H128O6. The molecule has 0 aliphatic rings. The van der Waals surface area contributed by atoms with E-state index in [1.54, 1.807) is 0 Å². The van der Waals surface area contributed by atoms with Crippen LogP contribution in [0.5, 0.6) is 0 Å². The Balaban J connectivity index is 4.29. The molecule has 0 spiro atoms. The largest absolute Gasteiger partial charge is 0.462 e. The lowest BCUT2D eigenvalue weighted by Gasteiger charge is -2.18. The van der Waals surface area contributed by atoms with Gasteiger partial charge in [0, 0.05) is 19.3 Å². The molecule has 6 nitrogen and oxygen atoms in total. The number of hydrogen-bond donors (Lipinski definition) is 0. The maximum absolute atomic E-state index is 12.9. The summed E-state index contributed by atoms with van der Waals surface area (Å²) in [5, 5.41) is 0. The number of rotatable bonds is 62. The fraction of sp³-hybridized carbons (Fsp3) is 0.767. The van der Waals surface area contributed by atoms with E-state index in [9.17, 15) is 14.4 Å². The van der Waals surface area contributed by atoms with E-state index >= 15 is 0 Å². The van der Waals surface area contributed by atoms with E-state index in [0.717, 1.165) is 135 Å². The number of hydrogen-bond acceptors (Lipinski definition) is 6. The van der Waals surface area contributed by atoms with Gasteiger partial charge in [0.05, 0.1) is 0 Å². The zero-order valence-corrected chi connectivity index (χ0v) is 52.4. The Morgan fingerprint density at radius 3 is 0.772 bits per heavy atom. The topological polar surface area (TPSA) is 78.9 Å². The van der Waals surface area contributed by atoms with Gasteiger partial charge in [-0.1, -0.05) is 318 Å². The molecule has 0 aliphatic carbocycles. The van der Waals surface area contributed by atoms with Crippen LogP contribution in [0.15, 0.2) is 85.1 Å². The quantitative estimate of drug-likeness (QED) is 0.0261. The van der Waals surface area contributed by atoms with E-state index in [2.05, 4.69) is 106 Å². The SMILES string of the molecule is CC/C=C\C/C=C\C/C=C\C/C=C\CCCCCCCCC(=O)OC(COC(=O)CCCCCCC/C=C\C/C=C\C/C=C\CC)COC(=O)CCCCCCCCCCCCCCCCCCCCCCCCCCCCC. The summed E-state index contributed by atoms with van der Waals surface area (Å²) >= 11 is 0. The van der Waals surface area contributed by atoms with E-state index in [4.69, 9.17) is 14.2 Å². The molecule has 456 valence electrons. The Kier molecular flexibility index (Phi) is 64.2. The molecular weight excluding hydrogens is 973 g/mol. The van der Waals surface area contributed by atoms with Crippen LogP contribution in [-0.2, 0) is 28.6 Å². The molecule has 1 atom stereocenters. The Hall–Kier alpha value is -3.41. The highest BCUT2D eigenvalue weighted by atomic mass is 16.6. The van der Waals surface area contributed by atoms with Gasteiger partial charge in [-0.25, -0.2) is 0 Å². The van der Waals surface area contributed by atoms with E-state index in [0.29, 0.717) is 19.3 Å². The summed E-state index contributed by atoms with van der Waals surface area (Å²) in [6.45, 7) is 6.44. The second-order valence-corrected chi connectivity index (χ2v) is 22.7. The summed E-state index contributed by atoms with van der Waals surface area (Å²) in [5.41, 5.74) is 0. The smallest absolute Gasteiger partial charge is 0.306 e. The van der Waals surface area contributed by atoms with Gasteiger partial charge in [0.25, 0.3) is 0 Å². The highest BCUT2D eigenvalue weighted by Gasteiger charge is 2.19. The van der Waals surface area contributed by atoms with Crippen molar-refractivity contribution in [2.24, 2.45) is 0 Å². The summed E-state index contributed by atoms with van der Waals surface area (Å²) in [7, 11) is 0. The number of carbonyl (C=O) groups is 3. The molecule has 0 heterocycles. The summed E-state index contributed by atoms with van der Waals surface area (Å²) in [6, 6.07) is 0. The van der Waals surface area contributed by atoms with E-state index in [1.807, 2.05) is 0 Å². The monoisotopic (exact) mass is 1100 g/mol. The summed E-state index contributed by atoms with van der Waals surface area (Å²) in [4.78, 5) is 38.4. The molecule has 79 heavy (non-hydrogen) atoms. The van der Waals surface area contributed by atoms with Gasteiger partial charge in [0.1, 0.15) is 13.2 Å². The Morgan fingerprint density at radius 1 is 0.266 bits per heavy atom. The fourth-order valence-corrected chi connectivity index (χ4v) is 9.86.